The number of nitrogens with two attached hydrogens (primary N) is 2. The lowest BCUT2D eigenvalue weighted by Gasteiger charge is -2.25. The summed E-state index contributed by atoms with van der Waals surface area (Å²) in [5, 5.41) is 0. The number of hydrogen-bond donors (Lipinski definition) is 2. The molecule has 16 heavy (non-hydrogen) atoms. The zero-order valence-electron chi connectivity index (χ0n) is 9.52. The molecule has 0 bridgehead atoms. The third-order valence-electron chi connectivity index (χ3n) is 2.91. The zero-order chi connectivity index (χ0) is 11.3. The summed E-state index contributed by atoms with van der Waals surface area (Å²) in [6.45, 7) is 0.677. The van der Waals surface area contributed by atoms with E-state index >= 15 is 0 Å². The third-order valence-corrected chi connectivity index (χ3v) is 2.91. The maximum Gasteiger partial charge on any atom is 0.308 e. The first kappa shape index (κ1) is 15.0. The molecular weight excluding hydrogens is 230 g/mol. The Bertz CT molecular complexity index is 246. The summed E-state index contributed by atoms with van der Waals surface area (Å²) in [4.78, 5) is 15.2. The van der Waals surface area contributed by atoms with Crippen molar-refractivity contribution in [1.82, 2.24) is 0 Å². The number of guanidine groups is 1. The van der Waals surface area contributed by atoms with Crippen molar-refractivity contribution >= 4 is 24.3 Å². The van der Waals surface area contributed by atoms with Crippen molar-refractivity contribution in [3.8, 4) is 0 Å². The van der Waals surface area contributed by atoms with E-state index in [2.05, 4.69) is 4.99 Å². The smallest absolute Gasteiger partial charge is 0.308 e. The van der Waals surface area contributed by atoms with Crippen molar-refractivity contribution in [3.05, 3.63) is 0 Å². The second-order valence-electron chi connectivity index (χ2n) is 4.01. The Hall–Kier alpha value is -0.970. The van der Waals surface area contributed by atoms with E-state index in [1.165, 1.54) is 7.11 Å². The largest absolute Gasteiger partial charge is 0.469 e. The molecule has 1 saturated carbocycles. The van der Waals surface area contributed by atoms with Crippen molar-refractivity contribution in [1.29, 1.82) is 0 Å². The number of nitrogens with zero attached hydrogens (tertiary/aromatic N) is 1. The summed E-state index contributed by atoms with van der Waals surface area (Å²) >= 11 is 0. The van der Waals surface area contributed by atoms with Gasteiger partial charge in [-0.05, 0) is 31.6 Å². The highest BCUT2D eigenvalue weighted by Crippen LogP contribution is 2.29. The summed E-state index contributed by atoms with van der Waals surface area (Å²) in [5.41, 5.74) is 10.5. The average Bonchev–Trinajstić information content (AvgIpc) is 2.26. The molecule has 6 heteroatoms. The molecule has 94 valence electrons. The van der Waals surface area contributed by atoms with Crippen molar-refractivity contribution in [2.45, 2.75) is 25.7 Å². The average molecular weight is 250 g/mol. The second kappa shape index (κ2) is 7.33. The standard InChI is InChI=1S/C10H19N3O2.ClH/c1-15-9(14)8-4-2-7(3-5-8)6-13-10(11)12;/h7-8H,2-6H2,1H3,(H4,11,12,13);1H. The Morgan fingerprint density at radius 2 is 1.88 bits per heavy atom. The predicted octanol–water partition coefficient (Wildman–Crippen LogP) is 0.661. The molecule has 1 fully saturated rings. The van der Waals surface area contributed by atoms with Crippen molar-refractivity contribution < 1.29 is 9.53 Å². The van der Waals surface area contributed by atoms with Gasteiger partial charge in [-0.15, -0.1) is 12.4 Å². The fraction of sp³-hybridized carbons (Fsp3) is 0.800. The van der Waals surface area contributed by atoms with E-state index in [0.29, 0.717) is 12.5 Å². The molecule has 1 rings (SSSR count). The van der Waals surface area contributed by atoms with Crippen molar-refractivity contribution in [2.75, 3.05) is 13.7 Å². The minimum atomic E-state index is -0.0877. The number of ether oxygens (including phenoxy) is 1. The van der Waals surface area contributed by atoms with Gasteiger partial charge in [0, 0.05) is 6.54 Å². The van der Waals surface area contributed by atoms with E-state index in [1.807, 2.05) is 0 Å². The summed E-state index contributed by atoms with van der Waals surface area (Å²) in [7, 11) is 1.44. The van der Waals surface area contributed by atoms with Crippen LogP contribution in [0.25, 0.3) is 0 Å². The van der Waals surface area contributed by atoms with Gasteiger partial charge in [0.2, 0.25) is 0 Å². The van der Waals surface area contributed by atoms with Gasteiger partial charge in [0.25, 0.3) is 0 Å². The number of esters is 1. The molecule has 0 aromatic rings. The van der Waals surface area contributed by atoms with Crippen LogP contribution in [0, 0.1) is 11.8 Å². The third kappa shape index (κ3) is 4.70. The van der Waals surface area contributed by atoms with Crippen LogP contribution in [0.15, 0.2) is 4.99 Å². The molecule has 1 aliphatic rings. The molecule has 0 atom stereocenters. The van der Waals surface area contributed by atoms with E-state index in [-0.39, 0.29) is 30.3 Å². The maximum absolute atomic E-state index is 11.2. The summed E-state index contributed by atoms with van der Waals surface area (Å²) in [6.07, 6.45) is 3.77. The highest BCUT2D eigenvalue weighted by atomic mass is 35.5. The first-order valence-corrected chi connectivity index (χ1v) is 5.26. The Balaban J connectivity index is 0.00000225. The Kier molecular flexibility index (Phi) is 6.88. The van der Waals surface area contributed by atoms with Crippen LogP contribution in [0.2, 0.25) is 0 Å². The lowest BCUT2D eigenvalue weighted by molar-refractivity contribution is -0.146. The maximum atomic E-state index is 11.2. The highest BCUT2D eigenvalue weighted by molar-refractivity contribution is 5.85. The fourth-order valence-corrected chi connectivity index (χ4v) is 1.98. The SMILES string of the molecule is COC(=O)C1CCC(CN=C(N)N)CC1.Cl. The summed E-state index contributed by atoms with van der Waals surface area (Å²) in [6, 6.07) is 0. The number of hydrogen-bond acceptors (Lipinski definition) is 3. The van der Waals surface area contributed by atoms with Gasteiger partial charge in [-0.1, -0.05) is 0 Å². The molecule has 0 radical (unpaired) electrons. The number of carbonyl (C=O) groups is 1. The van der Waals surface area contributed by atoms with Crippen LogP contribution in [-0.4, -0.2) is 25.6 Å². The molecule has 0 amide bonds. The Labute approximate surface area is 102 Å². The predicted molar refractivity (Wildman–Crippen MR) is 65.4 cm³/mol. The van der Waals surface area contributed by atoms with Crippen LogP contribution in [0.5, 0.6) is 0 Å². The minimum Gasteiger partial charge on any atom is -0.469 e. The Morgan fingerprint density at radius 3 is 2.31 bits per heavy atom. The van der Waals surface area contributed by atoms with E-state index in [0.717, 1.165) is 25.7 Å². The molecule has 0 aliphatic heterocycles. The number of carbonyl (C=O) groups excluding carboxylic acids is 1. The van der Waals surface area contributed by atoms with Crippen LogP contribution >= 0.6 is 12.4 Å². The second-order valence-corrected chi connectivity index (χ2v) is 4.01. The first-order valence-electron chi connectivity index (χ1n) is 5.26. The van der Waals surface area contributed by atoms with Crippen LogP contribution in [0.3, 0.4) is 0 Å². The zero-order valence-corrected chi connectivity index (χ0v) is 10.3. The van der Waals surface area contributed by atoms with Gasteiger partial charge in [-0.3, -0.25) is 9.79 Å². The molecule has 0 aromatic carbocycles. The van der Waals surface area contributed by atoms with Gasteiger partial charge in [0.1, 0.15) is 0 Å². The number of methoxy groups -OCH3 is 1. The summed E-state index contributed by atoms with van der Waals surface area (Å²) < 4.78 is 4.72. The van der Waals surface area contributed by atoms with Gasteiger partial charge in [0.15, 0.2) is 5.96 Å². The quantitative estimate of drug-likeness (QED) is 0.437. The minimum absolute atomic E-state index is 0. The molecular formula is C10H20ClN3O2. The molecule has 0 spiro atoms. The van der Waals surface area contributed by atoms with Gasteiger partial charge in [-0.2, -0.15) is 0 Å². The van der Waals surface area contributed by atoms with E-state index < -0.39 is 0 Å². The molecule has 0 heterocycles. The van der Waals surface area contributed by atoms with Crippen molar-refractivity contribution in [3.63, 3.8) is 0 Å². The van der Waals surface area contributed by atoms with E-state index in [4.69, 9.17) is 16.2 Å². The monoisotopic (exact) mass is 249 g/mol. The molecule has 5 nitrogen and oxygen atoms in total. The lowest BCUT2D eigenvalue weighted by Crippen LogP contribution is -2.26. The molecule has 1 aliphatic carbocycles. The van der Waals surface area contributed by atoms with Gasteiger partial charge in [0.05, 0.1) is 13.0 Å². The van der Waals surface area contributed by atoms with Gasteiger partial charge >= 0.3 is 5.97 Å². The van der Waals surface area contributed by atoms with Crippen molar-refractivity contribution in [2.24, 2.45) is 28.3 Å². The van der Waals surface area contributed by atoms with Crippen LogP contribution in [0.1, 0.15) is 25.7 Å². The van der Waals surface area contributed by atoms with E-state index in [9.17, 15) is 4.79 Å². The molecule has 4 N–H and O–H groups in total. The van der Waals surface area contributed by atoms with Crippen LogP contribution in [0.4, 0.5) is 0 Å². The number of aliphatic imine (C=N–C) groups is 1. The van der Waals surface area contributed by atoms with Crippen LogP contribution < -0.4 is 11.5 Å². The van der Waals surface area contributed by atoms with Crippen LogP contribution in [-0.2, 0) is 9.53 Å². The van der Waals surface area contributed by atoms with E-state index in [1.54, 1.807) is 0 Å². The lowest BCUT2D eigenvalue weighted by atomic mass is 9.82. The van der Waals surface area contributed by atoms with Gasteiger partial charge < -0.3 is 16.2 Å². The number of rotatable bonds is 3. The normalized spacial score (nSPS) is 24.1. The molecule has 0 unspecified atom stereocenters. The molecule has 0 saturated heterocycles. The topological polar surface area (TPSA) is 90.7 Å². The number of halogens is 1. The Morgan fingerprint density at radius 1 is 1.31 bits per heavy atom. The highest BCUT2D eigenvalue weighted by Gasteiger charge is 2.26. The molecule has 0 aromatic heterocycles. The van der Waals surface area contributed by atoms with Gasteiger partial charge in [-0.25, -0.2) is 0 Å². The fourth-order valence-electron chi connectivity index (χ4n) is 1.98. The first-order chi connectivity index (χ1) is 7.13. The summed E-state index contributed by atoms with van der Waals surface area (Å²) in [5.74, 6) is 0.638.